The molecule has 1 aromatic heterocycles. The lowest BCUT2D eigenvalue weighted by Crippen LogP contribution is -2.25. The quantitative estimate of drug-likeness (QED) is 0.627. The van der Waals surface area contributed by atoms with E-state index in [1.807, 2.05) is 43.1 Å². The van der Waals surface area contributed by atoms with Crippen LogP contribution in [-0.2, 0) is 0 Å². The Morgan fingerprint density at radius 2 is 1.90 bits per heavy atom. The normalized spacial score (nSPS) is 12.0. The maximum Gasteiger partial charge on any atom is 0.156 e. The third-order valence-electron chi connectivity index (χ3n) is 3.38. The molecule has 21 heavy (non-hydrogen) atoms. The van der Waals surface area contributed by atoms with Crippen LogP contribution >= 0.6 is 23.2 Å². The highest BCUT2D eigenvalue weighted by molar-refractivity contribution is 6.32. The first-order valence-electron chi connectivity index (χ1n) is 6.42. The summed E-state index contributed by atoms with van der Waals surface area (Å²) >= 11 is 12.3. The first-order chi connectivity index (χ1) is 9.95. The van der Waals surface area contributed by atoms with Gasteiger partial charge in [0.1, 0.15) is 16.8 Å². The highest BCUT2D eigenvalue weighted by atomic mass is 35.5. The summed E-state index contributed by atoms with van der Waals surface area (Å²) in [7, 11) is 1.85. The molecule has 0 spiro atoms. The Hall–Kier alpha value is -1.65. The largest absolute Gasteiger partial charge is 0.352 e. The summed E-state index contributed by atoms with van der Waals surface area (Å²) in [6, 6.07) is 7.51. The van der Waals surface area contributed by atoms with Crippen molar-refractivity contribution in [3.63, 3.8) is 0 Å². The number of anilines is 1. The van der Waals surface area contributed by atoms with Gasteiger partial charge in [-0.15, -0.1) is 0 Å². The van der Waals surface area contributed by atoms with E-state index in [1.54, 1.807) is 6.92 Å². The SMILES string of the molecule is Cc1nc(Cl)c(C=O)c(N(C)C(C)c2ccccc2Cl)n1. The van der Waals surface area contributed by atoms with Crippen LogP contribution in [0.5, 0.6) is 0 Å². The number of nitrogens with zero attached hydrogens (tertiary/aromatic N) is 3. The number of rotatable bonds is 4. The van der Waals surface area contributed by atoms with Crippen molar-refractivity contribution < 1.29 is 4.79 Å². The average Bonchev–Trinajstić information content (AvgIpc) is 2.45. The van der Waals surface area contributed by atoms with E-state index in [1.165, 1.54) is 0 Å². The van der Waals surface area contributed by atoms with Gasteiger partial charge in [0.2, 0.25) is 0 Å². The maximum absolute atomic E-state index is 11.3. The summed E-state index contributed by atoms with van der Waals surface area (Å²) < 4.78 is 0. The topological polar surface area (TPSA) is 46.1 Å². The molecule has 0 aliphatic heterocycles. The number of hydrogen-bond acceptors (Lipinski definition) is 4. The van der Waals surface area contributed by atoms with E-state index < -0.39 is 0 Å². The Labute approximate surface area is 133 Å². The summed E-state index contributed by atoms with van der Waals surface area (Å²) in [5.74, 6) is 1.01. The second kappa shape index (κ2) is 6.41. The molecule has 0 aliphatic carbocycles. The Bertz CT molecular complexity index is 676. The molecule has 1 heterocycles. The van der Waals surface area contributed by atoms with Crippen LogP contribution < -0.4 is 4.90 Å². The van der Waals surface area contributed by atoms with E-state index in [9.17, 15) is 4.79 Å². The van der Waals surface area contributed by atoms with Crippen LogP contribution in [0.15, 0.2) is 24.3 Å². The highest BCUT2D eigenvalue weighted by Gasteiger charge is 2.21. The number of benzene rings is 1. The molecule has 1 unspecified atom stereocenters. The second-order valence-electron chi connectivity index (χ2n) is 4.73. The smallest absolute Gasteiger partial charge is 0.156 e. The molecule has 6 heteroatoms. The predicted octanol–water partition coefficient (Wildman–Crippen LogP) is 4.10. The van der Waals surface area contributed by atoms with Gasteiger partial charge in [0.05, 0.1) is 11.6 Å². The molecule has 2 aromatic rings. The first-order valence-corrected chi connectivity index (χ1v) is 7.18. The van der Waals surface area contributed by atoms with E-state index in [0.29, 0.717) is 23.0 Å². The molecule has 2 rings (SSSR count). The number of carbonyl (C=O) groups excluding carboxylic acids is 1. The first kappa shape index (κ1) is 15.7. The van der Waals surface area contributed by atoms with E-state index in [2.05, 4.69) is 9.97 Å². The zero-order valence-corrected chi connectivity index (χ0v) is 13.5. The second-order valence-corrected chi connectivity index (χ2v) is 5.49. The van der Waals surface area contributed by atoms with Gasteiger partial charge in [-0.25, -0.2) is 9.97 Å². The lowest BCUT2D eigenvalue weighted by Gasteiger charge is -2.28. The molecule has 0 bridgehead atoms. The van der Waals surface area contributed by atoms with Crippen molar-refractivity contribution in [3.8, 4) is 0 Å². The Kier molecular flexibility index (Phi) is 4.80. The maximum atomic E-state index is 11.3. The zero-order valence-electron chi connectivity index (χ0n) is 12.0. The molecule has 0 saturated heterocycles. The average molecular weight is 324 g/mol. The van der Waals surface area contributed by atoms with Gasteiger partial charge in [-0.1, -0.05) is 41.4 Å². The van der Waals surface area contributed by atoms with E-state index in [-0.39, 0.29) is 16.8 Å². The van der Waals surface area contributed by atoms with Crippen molar-refractivity contribution in [2.45, 2.75) is 19.9 Å². The lowest BCUT2D eigenvalue weighted by atomic mass is 10.1. The molecular formula is C15H15Cl2N3O. The van der Waals surface area contributed by atoms with E-state index in [4.69, 9.17) is 23.2 Å². The number of halogens is 2. The molecule has 0 radical (unpaired) electrons. The Balaban J connectivity index is 2.47. The van der Waals surface area contributed by atoms with Crippen molar-refractivity contribution in [2.24, 2.45) is 0 Å². The number of carbonyl (C=O) groups is 1. The van der Waals surface area contributed by atoms with Gasteiger partial charge in [-0.2, -0.15) is 0 Å². The van der Waals surface area contributed by atoms with Crippen LogP contribution in [0.2, 0.25) is 10.2 Å². The van der Waals surface area contributed by atoms with Gasteiger partial charge in [-0.3, -0.25) is 4.79 Å². The lowest BCUT2D eigenvalue weighted by molar-refractivity contribution is 0.112. The molecule has 0 fully saturated rings. The van der Waals surface area contributed by atoms with Gasteiger partial charge in [0.15, 0.2) is 6.29 Å². The minimum atomic E-state index is -0.0669. The van der Waals surface area contributed by atoms with Crippen molar-refractivity contribution in [1.82, 2.24) is 9.97 Å². The molecule has 0 N–H and O–H groups in total. The summed E-state index contributed by atoms with van der Waals surface area (Å²) in [6.07, 6.45) is 0.674. The van der Waals surface area contributed by atoms with E-state index >= 15 is 0 Å². The third-order valence-corrected chi connectivity index (χ3v) is 4.01. The summed E-state index contributed by atoms with van der Waals surface area (Å²) in [5, 5.41) is 0.826. The van der Waals surface area contributed by atoms with Crippen molar-refractivity contribution in [1.29, 1.82) is 0 Å². The predicted molar refractivity (Wildman–Crippen MR) is 85.4 cm³/mol. The van der Waals surface area contributed by atoms with Gasteiger partial charge in [0.25, 0.3) is 0 Å². The van der Waals surface area contributed by atoms with Crippen molar-refractivity contribution in [3.05, 3.63) is 51.4 Å². The van der Waals surface area contributed by atoms with Gasteiger partial charge in [0, 0.05) is 12.1 Å². The third kappa shape index (κ3) is 3.17. The van der Waals surface area contributed by atoms with Crippen molar-refractivity contribution in [2.75, 3.05) is 11.9 Å². The van der Waals surface area contributed by atoms with Crippen LogP contribution in [0.1, 0.15) is 34.7 Å². The molecule has 0 saturated carbocycles. The fraction of sp³-hybridized carbons (Fsp3) is 0.267. The summed E-state index contributed by atoms with van der Waals surface area (Å²) in [4.78, 5) is 21.5. The van der Waals surface area contributed by atoms with Crippen LogP contribution in [0.25, 0.3) is 0 Å². The van der Waals surface area contributed by atoms with Gasteiger partial charge >= 0.3 is 0 Å². The van der Waals surface area contributed by atoms with Crippen LogP contribution in [0, 0.1) is 6.92 Å². The summed E-state index contributed by atoms with van der Waals surface area (Å²) in [6.45, 7) is 3.72. The number of aldehydes is 1. The fourth-order valence-corrected chi connectivity index (χ4v) is 2.65. The Morgan fingerprint density at radius 3 is 2.52 bits per heavy atom. The van der Waals surface area contributed by atoms with E-state index in [0.717, 1.165) is 5.56 Å². The minimum absolute atomic E-state index is 0.0669. The zero-order chi connectivity index (χ0) is 15.6. The highest BCUT2D eigenvalue weighted by Crippen LogP contribution is 2.31. The number of aromatic nitrogens is 2. The monoisotopic (exact) mass is 323 g/mol. The van der Waals surface area contributed by atoms with Gasteiger partial charge < -0.3 is 4.90 Å². The van der Waals surface area contributed by atoms with Gasteiger partial charge in [-0.05, 0) is 25.5 Å². The fourth-order valence-electron chi connectivity index (χ4n) is 2.11. The van der Waals surface area contributed by atoms with Crippen LogP contribution in [0.3, 0.4) is 0 Å². The number of hydrogen-bond donors (Lipinski definition) is 0. The van der Waals surface area contributed by atoms with Crippen molar-refractivity contribution >= 4 is 35.3 Å². The summed E-state index contributed by atoms with van der Waals surface area (Å²) in [5.41, 5.74) is 1.23. The molecule has 4 nitrogen and oxygen atoms in total. The minimum Gasteiger partial charge on any atom is -0.352 e. The molecule has 1 aromatic carbocycles. The Morgan fingerprint density at radius 1 is 1.24 bits per heavy atom. The number of aryl methyl sites for hydroxylation is 1. The molecule has 110 valence electrons. The molecular weight excluding hydrogens is 309 g/mol. The standard InChI is InChI=1S/C15H15Cl2N3O/c1-9(11-6-4-5-7-13(11)16)20(3)15-12(8-21)14(17)18-10(2)19-15/h4-9H,1-3H3. The van der Waals surface area contributed by atoms with Crippen LogP contribution in [-0.4, -0.2) is 23.3 Å². The molecule has 0 aliphatic rings. The van der Waals surface area contributed by atoms with Crippen LogP contribution in [0.4, 0.5) is 5.82 Å². The molecule has 0 amide bonds. The molecule has 1 atom stereocenters.